The van der Waals surface area contributed by atoms with Crippen LogP contribution in [-0.4, -0.2) is 73.2 Å². The lowest BCUT2D eigenvalue weighted by Crippen LogP contribution is -2.47. The fourth-order valence-electron chi connectivity index (χ4n) is 7.24. The molecule has 2 fully saturated rings. The van der Waals surface area contributed by atoms with Crippen molar-refractivity contribution >= 4 is 34.4 Å². The van der Waals surface area contributed by atoms with Gasteiger partial charge in [0.25, 0.3) is 11.7 Å². The third kappa shape index (κ3) is 8.68. The van der Waals surface area contributed by atoms with Crippen molar-refractivity contribution < 1.29 is 18.9 Å². The summed E-state index contributed by atoms with van der Waals surface area (Å²) in [6, 6.07) is 16.3. The second kappa shape index (κ2) is 15.9. The number of amides is 3. The number of pyridine rings is 1. The molecule has 54 heavy (non-hydrogen) atoms. The van der Waals surface area contributed by atoms with Crippen LogP contribution < -0.4 is 16.0 Å². The predicted molar refractivity (Wildman–Crippen MR) is 206 cm³/mol. The monoisotopic (exact) mass is 731 g/mol. The van der Waals surface area contributed by atoms with Gasteiger partial charge in [0, 0.05) is 42.4 Å². The van der Waals surface area contributed by atoms with Crippen molar-refractivity contribution in [3.63, 3.8) is 0 Å². The molecule has 2 saturated heterocycles. The van der Waals surface area contributed by atoms with Crippen LogP contribution in [0.5, 0.6) is 0 Å². The number of aromatic nitrogens is 5. The number of hydrogen-bond donors (Lipinski definition) is 3. The average Bonchev–Trinajstić information content (AvgIpc) is 3.83. The summed E-state index contributed by atoms with van der Waals surface area (Å²) < 4.78 is 7.29. The molecule has 0 aliphatic carbocycles. The van der Waals surface area contributed by atoms with Crippen molar-refractivity contribution in [1.82, 2.24) is 40.4 Å². The summed E-state index contributed by atoms with van der Waals surface area (Å²) in [5.74, 6) is 0.179. The smallest absolute Gasteiger partial charge is 0.292 e. The molecule has 13 heteroatoms. The van der Waals surface area contributed by atoms with Crippen LogP contribution in [0.3, 0.4) is 0 Å². The number of hydrogen-bond acceptors (Lipinski definition) is 10. The van der Waals surface area contributed by atoms with E-state index in [1.165, 1.54) is 5.56 Å². The Labute approximate surface area is 315 Å². The van der Waals surface area contributed by atoms with E-state index in [0.29, 0.717) is 31.2 Å². The molecule has 2 aromatic carbocycles. The zero-order valence-corrected chi connectivity index (χ0v) is 31.5. The number of piperidine rings is 2. The van der Waals surface area contributed by atoms with Crippen LogP contribution in [0.4, 0.5) is 5.69 Å². The number of carbonyl (C=O) groups excluding carboxylic acids is 3. The van der Waals surface area contributed by atoms with E-state index >= 15 is 0 Å². The van der Waals surface area contributed by atoms with E-state index in [-0.39, 0.29) is 35.0 Å². The van der Waals surface area contributed by atoms with Crippen LogP contribution in [0.15, 0.2) is 65.4 Å². The molecule has 0 bridgehead atoms. The maximum atomic E-state index is 12.7. The van der Waals surface area contributed by atoms with E-state index < -0.39 is 0 Å². The summed E-state index contributed by atoms with van der Waals surface area (Å²) in [4.78, 5) is 47.6. The second-order valence-corrected chi connectivity index (χ2v) is 15.6. The van der Waals surface area contributed by atoms with Gasteiger partial charge in [0.05, 0.1) is 6.20 Å². The number of nitrogens with zero attached hydrogens (tertiary/aromatic N) is 6. The molecule has 3 N–H and O–H groups in total. The molecule has 2 aliphatic heterocycles. The van der Waals surface area contributed by atoms with Crippen molar-refractivity contribution in [3.05, 3.63) is 89.3 Å². The van der Waals surface area contributed by atoms with Gasteiger partial charge in [0.1, 0.15) is 17.1 Å². The maximum absolute atomic E-state index is 12.7. The summed E-state index contributed by atoms with van der Waals surface area (Å²) >= 11 is 0. The van der Waals surface area contributed by atoms with E-state index in [0.717, 1.165) is 90.8 Å². The molecule has 5 aromatic rings. The van der Waals surface area contributed by atoms with E-state index in [1.54, 1.807) is 0 Å². The van der Waals surface area contributed by atoms with Crippen molar-refractivity contribution in [2.24, 2.45) is 0 Å². The summed E-state index contributed by atoms with van der Waals surface area (Å²) in [5.41, 5.74) is 7.82. The molecule has 1 unspecified atom stereocenters. The van der Waals surface area contributed by atoms with Crippen LogP contribution in [-0.2, 0) is 28.1 Å². The van der Waals surface area contributed by atoms with Gasteiger partial charge in [0.2, 0.25) is 17.7 Å². The van der Waals surface area contributed by atoms with Crippen LogP contribution in [0.25, 0.3) is 22.2 Å². The minimum absolute atomic E-state index is 0.0349. The van der Waals surface area contributed by atoms with Crippen LogP contribution in [0, 0.1) is 6.92 Å². The molecule has 282 valence electrons. The summed E-state index contributed by atoms with van der Waals surface area (Å²) in [6.07, 6.45) is 9.16. The standard InChI is InChI=1S/C41H49N9O4/c1-26-23-29(7-8-30(26)24-43-39(53)37-46-40(54-48-37)41(2,3)4)32-15-18-42-34-25-50(47-36(32)34)20-6-5-19-49-21-16-28(17-22-49)27-9-11-31(12-10-27)44-33-13-14-35(51)45-38(33)52/h7-12,15,18,23,25,28,33,44H,5-6,13-14,16-17,19-22,24H2,1-4H3,(H,43,53)(H,45,51,52). The highest BCUT2D eigenvalue weighted by molar-refractivity contribution is 6.01. The van der Waals surface area contributed by atoms with Crippen molar-refractivity contribution in [2.75, 3.05) is 25.0 Å². The first-order chi connectivity index (χ1) is 26.0. The lowest BCUT2D eigenvalue weighted by molar-refractivity contribution is -0.133. The number of imide groups is 1. The Bertz CT molecular complexity index is 2120. The first-order valence-electron chi connectivity index (χ1n) is 19.0. The van der Waals surface area contributed by atoms with Crippen molar-refractivity contribution in [1.29, 1.82) is 0 Å². The molecule has 13 nitrogen and oxygen atoms in total. The van der Waals surface area contributed by atoms with Gasteiger partial charge >= 0.3 is 0 Å². The van der Waals surface area contributed by atoms with Crippen molar-refractivity contribution in [2.45, 2.75) is 96.7 Å². The number of likely N-dealkylation sites (tertiary alicyclic amines) is 1. The number of benzene rings is 2. The number of carbonyl (C=O) groups is 3. The molecule has 3 amide bonds. The number of rotatable bonds is 12. The summed E-state index contributed by atoms with van der Waals surface area (Å²) in [5, 5.41) is 17.4. The van der Waals surface area contributed by atoms with Crippen LogP contribution in [0.1, 0.15) is 98.4 Å². The largest absolute Gasteiger partial charge is 0.374 e. The van der Waals surface area contributed by atoms with Gasteiger partial charge in [-0.25, -0.2) is 0 Å². The molecule has 0 saturated carbocycles. The van der Waals surface area contributed by atoms with E-state index in [1.807, 2.05) is 69.0 Å². The van der Waals surface area contributed by atoms with Gasteiger partial charge < -0.3 is 20.1 Å². The lowest BCUT2D eigenvalue weighted by Gasteiger charge is -2.32. The molecular weight excluding hydrogens is 683 g/mol. The average molecular weight is 732 g/mol. The Balaban J connectivity index is 0.864. The van der Waals surface area contributed by atoms with Gasteiger partial charge in [-0.1, -0.05) is 56.3 Å². The molecule has 0 radical (unpaired) electrons. The minimum Gasteiger partial charge on any atom is -0.374 e. The third-order valence-electron chi connectivity index (χ3n) is 10.5. The van der Waals surface area contributed by atoms with Gasteiger partial charge in [-0.3, -0.25) is 29.4 Å². The maximum Gasteiger partial charge on any atom is 0.292 e. The zero-order valence-electron chi connectivity index (χ0n) is 31.5. The Hall–Kier alpha value is -5.43. The third-order valence-corrected chi connectivity index (χ3v) is 10.5. The quantitative estimate of drug-likeness (QED) is 0.104. The highest BCUT2D eigenvalue weighted by Gasteiger charge is 2.27. The Morgan fingerprint density at radius 1 is 1.00 bits per heavy atom. The fourth-order valence-corrected chi connectivity index (χ4v) is 7.24. The molecule has 0 spiro atoms. The van der Waals surface area contributed by atoms with Gasteiger partial charge in [-0.15, -0.1) is 0 Å². The number of aryl methyl sites for hydroxylation is 2. The number of anilines is 1. The van der Waals surface area contributed by atoms with E-state index in [9.17, 15) is 14.4 Å². The Morgan fingerprint density at radius 3 is 2.50 bits per heavy atom. The van der Waals surface area contributed by atoms with Gasteiger partial charge in [-0.05, 0) is 105 Å². The molecular formula is C41H49N9O4. The first-order valence-corrected chi connectivity index (χ1v) is 19.0. The normalized spacial score (nSPS) is 17.1. The Kier molecular flexibility index (Phi) is 10.9. The zero-order chi connectivity index (χ0) is 37.8. The minimum atomic E-state index is -0.369. The van der Waals surface area contributed by atoms with E-state index in [2.05, 4.69) is 60.2 Å². The number of nitrogens with one attached hydrogen (secondary N) is 3. The Morgan fingerprint density at radius 2 is 1.78 bits per heavy atom. The SMILES string of the molecule is Cc1cc(-c2ccnc3cn(CCCCN4CCC(c5ccc(NC6CCC(=O)NC6=O)cc5)CC4)nc23)ccc1CNC(=O)c1noc(C(C)(C)C)n1. The molecule has 2 aliphatic rings. The highest BCUT2D eigenvalue weighted by atomic mass is 16.5. The lowest BCUT2D eigenvalue weighted by atomic mass is 9.89. The van der Waals surface area contributed by atoms with Gasteiger partial charge in [0.15, 0.2) is 0 Å². The molecule has 3 aromatic heterocycles. The highest BCUT2D eigenvalue weighted by Crippen LogP contribution is 2.30. The predicted octanol–water partition coefficient (Wildman–Crippen LogP) is 5.89. The fraction of sp³-hybridized carbons (Fsp3) is 0.439. The number of unbranched alkanes of at least 4 members (excludes halogenated alkanes) is 1. The first kappa shape index (κ1) is 36.9. The summed E-state index contributed by atoms with van der Waals surface area (Å²) in [7, 11) is 0. The molecule has 7 rings (SSSR count). The molecule has 5 heterocycles. The van der Waals surface area contributed by atoms with Crippen LogP contribution >= 0.6 is 0 Å². The van der Waals surface area contributed by atoms with E-state index in [4.69, 9.17) is 9.62 Å². The summed E-state index contributed by atoms with van der Waals surface area (Å²) in [6.45, 7) is 12.3. The van der Waals surface area contributed by atoms with Gasteiger partial charge in [-0.2, -0.15) is 10.1 Å². The second-order valence-electron chi connectivity index (χ2n) is 15.6. The van der Waals surface area contributed by atoms with Crippen LogP contribution in [0.2, 0.25) is 0 Å². The van der Waals surface area contributed by atoms with Crippen molar-refractivity contribution in [3.8, 4) is 11.1 Å². The molecule has 1 atom stereocenters. The topological polar surface area (TPSA) is 160 Å². The number of fused-ring (bicyclic) bond motifs is 1.